The molecular formula is C15H12N2O2. The van der Waals surface area contributed by atoms with Gasteiger partial charge in [-0.1, -0.05) is 30.2 Å². The lowest BCUT2D eigenvalue weighted by Gasteiger charge is -2.09. The number of benzene rings is 2. The monoisotopic (exact) mass is 252 g/mol. The molecule has 94 valence electrons. The van der Waals surface area contributed by atoms with E-state index < -0.39 is 5.91 Å². The van der Waals surface area contributed by atoms with Crippen molar-refractivity contribution in [2.24, 2.45) is 5.73 Å². The van der Waals surface area contributed by atoms with Crippen LogP contribution >= 0.6 is 0 Å². The number of primary amides is 1. The molecule has 4 nitrogen and oxygen atoms in total. The number of carbonyl (C=O) groups is 2. The first kappa shape index (κ1) is 12.7. The molecule has 0 saturated heterocycles. The van der Waals surface area contributed by atoms with Crippen LogP contribution in [0.1, 0.15) is 20.7 Å². The van der Waals surface area contributed by atoms with Crippen LogP contribution in [0, 0.1) is 12.3 Å². The third-order valence-corrected chi connectivity index (χ3v) is 2.77. The molecule has 0 unspecified atom stereocenters. The Morgan fingerprint density at radius 1 is 1.16 bits per heavy atom. The van der Waals surface area contributed by atoms with Crippen molar-refractivity contribution in [1.29, 1.82) is 0 Å². The average Bonchev–Trinajstić information content (AvgIpc) is 2.43. The van der Waals surface area contributed by atoms with Crippen LogP contribution in [0.3, 0.4) is 0 Å². The smallest absolute Gasteiger partial charge is 0.252 e. The molecule has 0 aliphatic rings. The number of hydrogen-bond donors (Lipinski definition) is 2. The van der Waals surface area contributed by atoms with E-state index in [2.05, 4.69) is 11.2 Å². The molecule has 2 aromatic carbocycles. The SMILES string of the molecule is C#CCNC(=O)c1cccc2cccc(C(N)=O)c12. The Morgan fingerprint density at radius 2 is 1.79 bits per heavy atom. The average molecular weight is 252 g/mol. The Kier molecular flexibility index (Phi) is 3.48. The Bertz CT molecular complexity index is 694. The molecule has 2 rings (SSSR count). The van der Waals surface area contributed by atoms with Gasteiger partial charge in [-0.25, -0.2) is 0 Å². The summed E-state index contributed by atoms with van der Waals surface area (Å²) in [4.78, 5) is 23.5. The Labute approximate surface area is 110 Å². The number of hydrogen-bond acceptors (Lipinski definition) is 2. The molecule has 0 aliphatic carbocycles. The maximum atomic E-state index is 12.0. The topological polar surface area (TPSA) is 72.2 Å². The zero-order valence-electron chi connectivity index (χ0n) is 10.1. The molecule has 4 heteroatoms. The molecule has 0 bridgehead atoms. The van der Waals surface area contributed by atoms with E-state index >= 15 is 0 Å². The van der Waals surface area contributed by atoms with Gasteiger partial charge in [0.1, 0.15) is 0 Å². The Hall–Kier alpha value is -2.80. The number of rotatable bonds is 3. The normalized spacial score (nSPS) is 9.84. The molecule has 3 N–H and O–H groups in total. The van der Waals surface area contributed by atoms with Gasteiger partial charge in [0.05, 0.1) is 6.54 Å². The molecule has 2 aromatic rings. The van der Waals surface area contributed by atoms with Crippen LogP contribution in [0.5, 0.6) is 0 Å². The van der Waals surface area contributed by atoms with Crippen molar-refractivity contribution in [2.45, 2.75) is 0 Å². The molecule has 0 saturated carbocycles. The quantitative estimate of drug-likeness (QED) is 0.808. The first-order valence-corrected chi connectivity index (χ1v) is 5.68. The van der Waals surface area contributed by atoms with E-state index in [0.717, 1.165) is 5.39 Å². The van der Waals surface area contributed by atoms with Gasteiger partial charge in [-0.05, 0) is 17.5 Å². The predicted molar refractivity (Wildman–Crippen MR) is 73.6 cm³/mol. The minimum Gasteiger partial charge on any atom is -0.366 e. The molecule has 0 aliphatic heterocycles. The highest BCUT2D eigenvalue weighted by Crippen LogP contribution is 2.22. The predicted octanol–water partition coefficient (Wildman–Crippen LogP) is 1.30. The maximum Gasteiger partial charge on any atom is 0.252 e. The maximum absolute atomic E-state index is 12.0. The van der Waals surface area contributed by atoms with E-state index in [1.165, 1.54) is 0 Å². The summed E-state index contributed by atoms with van der Waals surface area (Å²) in [6.45, 7) is 0.133. The number of terminal acetylenes is 1. The summed E-state index contributed by atoms with van der Waals surface area (Å²) >= 11 is 0. The second-order valence-electron chi connectivity index (χ2n) is 3.96. The van der Waals surface area contributed by atoms with E-state index in [1.807, 2.05) is 12.1 Å². The lowest BCUT2D eigenvalue weighted by molar-refractivity contribution is 0.0960. The van der Waals surface area contributed by atoms with Crippen LogP contribution in [0.4, 0.5) is 0 Å². The fourth-order valence-electron chi connectivity index (χ4n) is 1.96. The summed E-state index contributed by atoms with van der Waals surface area (Å²) in [6.07, 6.45) is 5.11. The van der Waals surface area contributed by atoms with Gasteiger partial charge < -0.3 is 11.1 Å². The first-order chi connectivity index (χ1) is 9.15. The summed E-state index contributed by atoms with van der Waals surface area (Å²) in [5.74, 6) is 1.44. The van der Waals surface area contributed by atoms with Crippen LogP contribution in [0.25, 0.3) is 10.8 Å². The van der Waals surface area contributed by atoms with Crippen LogP contribution in [0.2, 0.25) is 0 Å². The summed E-state index contributed by atoms with van der Waals surface area (Å²) in [5.41, 5.74) is 6.06. The van der Waals surface area contributed by atoms with Crippen molar-refractivity contribution in [3.63, 3.8) is 0 Å². The highest BCUT2D eigenvalue weighted by Gasteiger charge is 2.14. The lowest BCUT2D eigenvalue weighted by atomic mass is 9.98. The van der Waals surface area contributed by atoms with Crippen molar-refractivity contribution < 1.29 is 9.59 Å². The summed E-state index contributed by atoms with van der Waals surface area (Å²) < 4.78 is 0. The van der Waals surface area contributed by atoms with Gasteiger partial charge in [-0.2, -0.15) is 0 Å². The van der Waals surface area contributed by atoms with E-state index in [0.29, 0.717) is 16.5 Å². The van der Waals surface area contributed by atoms with Crippen molar-refractivity contribution >= 4 is 22.6 Å². The van der Waals surface area contributed by atoms with Gasteiger partial charge in [-0.15, -0.1) is 6.42 Å². The number of fused-ring (bicyclic) bond motifs is 1. The molecular weight excluding hydrogens is 240 g/mol. The van der Waals surface area contributed by atoms with Crippen molar-refractivity contribution in [3.8, 4) is 12.3 Å². The second kappa shape index (κ2) is 5.23. The lowest BCUT2D eigenvalue weighted by Crippen LogP contribution is -2.24. The minimum absolute atomic E-state index is 0.133. The molecule has 2 amide bonds. The fraction of sp³-hybridized carbons (Fsp3) is 0.0667. The van der Waals surface area contributed by atoms with E-state index in [4.69, 9.17) is 12.2 Å². The molecule has 0 atom stereocenters. The third-order valence-electron chi connectivity index (χ3n) is 2.77. The first-order valence-electron chi connectivity index (χ1n) is 5.68. The number of carbonyl (C=O) groups excluding carboxylic acids is 2. The van der Waals surface area contributed by atoms with Gasteiger partial charge in [0.2, 0.25) is 5.91 Å². The van der Waals surface area contributed by atoms with Crippen LogP contribution in [-0.4, -0.2) is 18.4 Å². The van der Waals surface area contributed by atoms with Crippen LogP contribution < -0.4 is 11.1 Å². The summed E-state index contributed by atoms with van der Waals surface area (Å²) in [7, 11) is 0. The van der Waals surface area contributed by atoms with Crippen molar-refractivity contribution in [1.82, 2.24) is 5.32 Å². The van der Waals surface area contributed by atoms with E-state index in [9.17, 15) is 9.59 Å². The van der Waals surface area contributed by atoms with Crippen molar-refractivity contribution in [2.75, 3.05) is 6.54 Å². The van der Waals surface area contributed by atoms with Gasteiger partial charge >= 0.3 is 0 Å². The van der Waals surface area contributed by atoms with Gasteiger partial charge in [-0.3, -0.25) is 9.59 Å². The summed E-state index contributed by atoms with van der Waals surface area (Å²) in [5, 5.41) is 3.91. The zero-order valence-corrected chi connectivity index (χ0v) is 10.1. The molecule has 19 heavy (non-hydrogen) atoms. The van der Waals surface area contributed by atoms with Gasteiger partial charge in [0, 0.05) is 16.5 Å². The van der Waals surface area contributed by atoms with Gasteiger partial charge in [0.15, 0.2) is 0 Å². The number of nitrogens with one attached hydrogen (secondary N) is 1. The number of nitrogens with two attached hydrogens (primary N) is 1. The van der Waals surface area contributed by atoms with Crippen LogP contribution in [-0.2, 0) is 0 Å². The Morgan fingerprint density at radius 3 is 2.37 bits per heavy atom. The third kappa shape index (κ3) is 2.40. The largest absolute Gasteiger partial charge is 0.366 e. The molecule has 0 fully saturated rings. The standard InChI is InChI=1S/C15H12N2O2/c1-2-9-17-15(19)12-8-4-6-10-5-3-7-11(13(10)12)14(16)18/h1,3-8H,9H2,(H2,16,18)(H,17,19). The number of amides is 2. The highest BCUT2D eigenvalue weighted by atomic mass is 16.2. The molecule has 0 radical (unpaired) electrons. The molecule has 0 aromatic heterocycles. The Balaban J connectivity index is 2.64. The highest BCUT2D eigenvalue weighted by molar-refractivity contribution is 6.15. The van der Waals surface area contributed by atoms with E-state index in [-0.39, 0.29) is 12.5 Å². The second-order valence-corrected chi connectivity index (χ2v) is 3.96. The summed E-state index contributed by atoms with van der Waals surface area (Å²) in [6, 6.07) is 10.4. The van der Waals surface area contributed by atoms with E-state index in [1.54, 1.807) is 24.3 Å². The minimum atomic E-state index is -0.567. The van der Waals surface area contributed by atoms with Gasteiger partial charge in [0.25, 0.3) is 5.91 Å². The van der Waals surface area contributed by atoms with Crippen molar-refractivity contribution in [3.05, 3.63) is 47.5 Å². The van der Waals surface area contributed by atoms with Crippen LogP contribution in [0.15, 0.2) is 36.4 Å². The molecule has 0 spiro atoms. The molecule has 0 heterocycles. The fourth-order valence-corrected chi connectivity index (χ4v) is 1.96. The zero-order chi connectivity index (χ0) is 13.8.